The van der Waals surface area contributed by atoms with Crippen LogP contribution in [0.15, 0.2) is 0 Å². The summed E-state index contributed by atoms with van der Waals surface area (Å²) in [6.45, 7) is 8.92. The van der Waals surface area contributed by atoms with Gasteiger partial charge in [-0.1, -0.05) is 20.8 Å². The van der Waals surface area contributed by atoms with Gasteiger partial charge in [-0.05, 0) is 19.4 Å². The fourth-order valence-electron chi connectivity index (χ4n) is 2.26. The van der Waals surface area contributed by atoms with Gasteiger partial charge in [0, 0.05) is 25.6 Å². The van der Waals surface area contributed by atoms with E-state index in [4.69, 9.17) is 4.74 Å². The molecule has 0 radical (unpaired) electrons. The summed E-state index contributed by atoms with van der Waals surface area (Å²) in [6, 6.07) is -0.0492. The number of morpholine rings is 1. The van der Waals surface area contributed by atoms with Crippen molar-refractivity contribution in [3.63, 3.8) is 0 Å². The number of rotatable bonds is 8. The van der Waals surface area contributed by atoms with Crippen molar-refractivity contribution < 1.29 is 14.3 Å². The number of hydrogen-bond acceptors (Lipinski definition) is 4. The third-order valence-electron chi connectivity index (χ3n) is 3.42. The second kappa shape index (κ2) is 9.73. The van der Waals surface area contributed by atoms with E-state index < -0.39 is 6.04 Å². The second-order valence-corrected chi connectivity index (χ2v) is 5.68. The molecule has 2 N–H and O–H groups in total. The molecule has 6 heteroatoms. The van der Waals surface area contributed by atoms with Crippen molar-refractivity contribution in [2.45, 2.75) is 52.1 Å². The van der Waals surface area contributed by atoms with Gasteiger partial charge < -0.3 is 20.3 Å². The highest BCUT2D eigenvalue weighted by atomic mass is 16.5. The lowest BCUT2D eigenvalue weighted by Gasteiger charge is -2.34. The molecule has 6 nitrogen and oxygen atoms in total. The maximum absolute atomic E-state index is 12.3. The van der Waals surface area contributed by atoms with E-state index >= 15 is 0 Å². The Morgan fingerprint density at radius 3 is 2.76 bits per heavy atom. The Morgan fingerprint density at radius 1 is 1.33 bits per heavy atom. The Balaban J connectivity index is 2.44. The quantitative estimate of drug-likeness (QED) is 0.641. The zero-order chi connectivity index (χ0) is 15.7. The van der Waals surface area contributed by atoms with Gasteiger partial charge in [0.25, 0.3) is 0 Å². The predicted molar refractivity (Wildman–Crippen MR) is 82.0 cm³/mol. The van der Waals surface area contributed by atoms with Gasteiger partial charge in [0.15, 0.2) is 0 Å². The number of nitrogens with zero attached hydrogens (tertiary/aromatic N) is 1. The third-order valence-corrected chi connectivity index (χ3v) is 3.42. The standard InChI is InChI=1S/C15H29N3O3/c1-4-7-17-15(20)13-11-21-10-9-18(13)14(19)6-5-8-16-12(2)3/h12-13,16H,4-11H2,1-3H3,(H,17,20). The van der Waals surface area contributed by atoms with Crippen LogP contribution in [0, 0.1) is 0 Å². The summed E-state index contributed by atoms with van der Waals surface area (Å²) in [5.41, 5.74) is 0. The fourth-order valence-corrected chi connectivity index (χ4v) is 2.26. The molecule has 0 aromatic rings. The zero-order valence-corrected chi connectivity index (χ0v) is 13.5. The van der Waals surface area contributed by atoms with Gasteiger partial charge in [0.2, 0.25) is 11.8 Å². The van der Waals surface area contributed by atoms with Gasteiger partial charge in [-0.3, -0.25) is 9.59 Å². The molecule has 1 unspecified atom stereocenters. The third kappa shape index (κ3) is 6.44. The molecule has 0 saturated carbocycles. The smallest absolute Gasteiger partial charge is 0.245 e. The Hall–Kier alpha value is -1.14. The molecular formula is C15H29N3O3. The molecule has 122 valence electrons. The number of hydrogen-bond donors (Lipinski definition) is 2. The van der Waals surface area contributed by atoms with E-state index in [9.17, 15) is 9.59 Å². The number of nitrogens with one attached hydrogen (secondary N) is 2. The molecule has 21 heavy (non-hydrogen) atoms. The van der Waals surface area contributed by atoms with Gasteiger partial charge in [-0.2, -0.15) is 0 Å². The first kappa shape index (κ1) is 17.9. The van der Waals surface area contributed by atoms with Crippen LogP contribution in [0.5, 0.6) is 0 Å². The van der Waals surface area contributed by atoms with Crippen molar-refractivity contribution in [2.75, 3.05) is 32.8 Å². The number of carbonyl (C=O) groups excluding carboxylic acids is 2. The van der Waals surface area contributed by atoms with Crippen LogP contribution in [0.4, 0.5) is 0 Å². The lowest BCUT2D eigenvalue weighted by molar-refractivity contribution is -0.148. The first-order valence-electron chi connectivity index (χ1n) is 7.94. The van der Waals surface area contributed by atoms with Crippen LogP contribution in [0.1, 0.15) is 40.0 Å². The van der Waals surface area contributed by atoms with E-state index in [1.807, 2.05) is 6.92 Å². The van der Waals surface area contributed by atoms with E-state index in [0.29, 0.717) is 38.8 Å². The molecule has 1 aliphatic rings. The average molecular weight is 299 g/mol. The first-order chi connectivity index (χ1) is 10.1. The monoisotopic (exact) mass is 299 g/mol. The van der Waals surface area contributed by atoms with Gasteiger partial charge in [-0.15, -0.1) is 0 Å². The number of amides is 2. The van der Waals surface area contributed by atoms with Crippen molar-refractivity contribution in [2.24, 2.45) is 0 Å². The van der Waals surface area contributed by atoms with E-state index in [2.05, 4.69) is 24.5 Å². The van der Waals surface area contributed by atoms with Gasteiger partial charge in [-0.25, -0.2) is 0 Å². The van der Waals surface area contributed by atoms with Gasteiger partial charge >= 0.3 is 0 Å². The Labute approximate surface area is 127 Å². The number of carbonyl (C=O) groups is 2. The summed E-state index contributed by atoms with van der Waals surface area (Å²) < 4.78 is 5.35. The Kier molecular flexibility index (Phi) is 8.30. The Morgan fingerprint density at radius 2 is 2.10 bits per heavy atom. The summed E-state index contributed by atoms with van der Waals surface area (Å²) in [7, 11) is 0. The maximum atomic E-state index is 12.3. The highest BCUT2D eigenvalue weighted by molar-refractivity contribution is 5.88. The molecule has 0 spiro atoms. The van der Waals surface area contributed by atoms with E-state index in [1.165, 1.54) is 0 Å². The molecule has 2 amide bonds. The molecule has 0 aliphatic carbocycles. The second-order valence-electron chi connectivity index (χ2n) is 5.68. The van der Waals surface area contributed by atoms with Crippen LogP contribution in [0.3, 0.4) is 0 Å². The highest BCUT2D eigenvalue weighted by Crippen LogP contribution is 2.10. The largest absolute Gasteiger partial charge is 0.377 e. The molecule has 1 aliphatic heterocycles. The van der Waals surface area contributed by atoms with Crippen LogP contribution in [-0.4, -0.2) is 61.6 Å². The van der Waals surface area contributed by atoms with Gasteiger partial charge in [0.05, 0.1) is 13.2 Å². The van der Waals surface area contributed by atoms with Crippen molar-refractivity contribution in [1.29, 1.82) is 0 Å². The topological polar surface area (TPSA) is 70.7 Å². The van der Waals surface area contributed by atoms with Crippen LogP contribution >= 0.6 is 0 Å². The predicted octanol–water partition coefficient (Wildman–Crippen LogP) is 0.518. The maximum Gasteiger partial charge on any atom is 0.245 e. The van der Waals surface area contributed by atoms with Gasteiger partial charge in [0.1, 0.15) is 6.04 Å². The highest BCUT2D eigenvalue weighted by Gasteiger charge is 2.32. The van der Waals surface area contributed by atoms with Crippen molar-refractivity contribution >= 4 is 11.8 Å². The summed E-state index contributed by atoms with van der Waals surface area (Å²) in [5, 5.41) is 6.13. The van der Waals surface area contributed by atoms with Crippen LogP contribution < -0.4 is 10.6 Å². The molecule has 1 atom stereocenters. The SMILES string of the molecule is CCCNC(=O)C1COCCN1C(=O)CCCNC(C)C. The first-order valence-corrected chi connectivity index (χ1v) is 7.94. The molecule has 1 saturated heterocycles. The summed E-state index contributed by atoms with van der Waals surface area (Å²) >= 11 is 0. The molecule has 0 aromatic heterocycles. The van der Waals surface area contributed by atoms with E-state index in [1.54, 1.807) is 4.90 Å². The molecule has 0 aromatic carbocycles. The van der Waals surface area contributed by atoms with Crippen molar-refractivity contribution in [3.8, 4) is 0 Å². The zero-order valence-electron chi connectivity index (χ0n) is 13.5. The minimum absolute atomic E-state index is 0.0421. The summed E-state index contributed by atoms with van der Waals surface area (Å²) in [5.74, 6) is -0.0642. The van der Waals surface area contributed by atoms with Crippen LogP contribution in [0.2, 0.25) is 0 Å². The fraction of sp³-hybridized carbons (Fsp3) is 0.867. The minimum atomic E-state index is -0.476. The van der Waals surface area contributed by atoms with E-state index in [-0.39, 0.29) is 11.8 Å². The number of ether oxygens (including phenoxy) is 1. The van der Waals surface area contributed by atoms with Crippen molar-refractivity contribution in [1.82, 2.24) is 15.5 Å². The van der Waals surface area contributed by atoms with Crippen LogP contribution in [0.25, 0.3) is 0 Å². The Bertz CT molecular complexity index is 334. The van der Waals surface area contributed by atoms with Crippen LogP contribution in [-0.2, 0) is 14.3 Å². The molecule has 1 fully saturated rings. The summed E-state index contributed by atoms with van der Waals surface area (Å²) in [4.78, 5) is 26.1. The summed E-state index contributed by atoms with van der Waals surface area (Å²) in [6.07, 6.45) is 2.14. The molecule has 1 rings (SSSR count). The lowest BCUT2D eigenvalue weighted by Crippen LogP contribution is -2.56. The molecule has 1 heterocycles. The normalized spacial score (nSPS) is 18.9. The lowest BCUT2D eigenvalue weighted by atomic mass is 10.1. The molecule has 0 bridgehead atoms. The molecular weight excluding hydrogens is 270 g/mol. The van der Waals surface area contributed by atoms with E-state index in [0.717, 1.165) is 19.4 Å². The van der Waals surface area contributed by atoms with Crippen molar-refractivity contribution in [3.05, 3.63) is 0 Å². The minimum Gasteiger partial charge on any atom is -0.377 e. The average Bonchev–Trinajstić information content (AvgIpc) is 2.48.